The Morgan fingerprint density at radius 2 is 1.91 bits per heavy atom. The average Bonchev–Trinajstić information content (AvgIpc) is 2.43. The van der Waals surface area contributed by atoms with E-state index in [-0.39, 0.29) is 18.4 Å². The predicted octanol–water partition coefficient (Wildman–Crippen LogP) is 3.42. The van der Waals surface area contributed by atoms with Crippen molar-refractivity contribution in [2.75, 3.05) is 19.6 Å². The molecule has 0 atom stereocenters. The highest BCUT2D eigenvalue weighted by molar-refractivity contribution is 5.40. The van der Waals surface area contributed by atoms with Crippen LogP contribution in [-0.4, -0.2) is 36.0 Å². The molecule has 2 rings (SSSR count). The van der Waals surface area contributed by atoms with Gasteiger partial charge in [0.05, 0.1) is 5.60 Å². The van der Waals surface area contributed by atoms with Gasteiger partial charge < -0.3 is 14.7 Å². The topological polar surface area (TPSA) is 32.7 Å². The summed E-state index contributed by atoms with van der Waals surface area (Å²) in [5, 5.41) is 10.7. The second-order valence-corrected chi connectivity index (χ2v) is 5.54. The number of hydrogen-bond donors (Lipinski definition) is 1. The molecule has 0 spiro atoms. The third-order valence-corrected chi connectivity index (χ3v) is 3.91. The molecule has 1 aromatic carbocycles. The number of aliphatic hydroxyl groups is 1. The molecule has 1 fully saturated rings. The molecule has 1 heterocycles. The third-order valence-electron chi connectivity index (χ3n) is 3.91. The van der Waals surface area contributed by atoms with Crippen LogP contribution in [0.25, 0.3) is 0 Å². The van der Waals surface area contributed by atoms with Crippen molar-refractivity contribution in [3.63, 3.8) is 0 Å². The van der Waals surface area contributed by atoms with Gasteiger partial charge >= 0.3 is 6.36 Å². The maximum absolute atomic E-state index is 13.8. The molecule has 0 unspecified atom stereocenters. The van der Waals surface area contributed by atoms with Gasteiger partial charge in [-0.05, 0) is 31.9 Å². The van der Waals surface area contributed by atoms with E-state index in [2.05, 4.69) is 9.64 Å². The molecule has 0 aromatic heterocycles. The summed E-state index contributed by atoms with van der Waals surface area (Å²) >= 11 is 0. The second kappa shape index (κ2) is 6.42. The lowest BCUT2D eigenvalue weighted by Crippen LogP contribution is -2.43. The largest absolute Gasteiger partial charge is 0.573 e. The lowest BCUT2D eigenvalue weighted by molar-refractivity contribution is -0.276. The summed E-state index contributed by atoms with van der Waals surface area (Å²) in [6, 6.07) is 3.46. The number of alkyl halides is 3. The van der Waals surface area contributed by atoms with Crippen LogP contribution in [0.4, 0.5) is 17.6 Å². The summed E-state index contributed by atoms with van der Waals surface area (Å²) in [6.07, 6.45) is -3.56. The predicted molar refractivity (Wildman–Crippen MR) is 72.9 cm³/mol. The standard InChI is InChI=1S/C15H19F4NO2/c1-2-8-20-9-6-14(21,7-10-20)11-4-3-5-12(16)13(11)22-15(17,18)19/h3-5,21H,2,6-10H2,1H3. The first-order chi connectivity index (χ1) is 10.2. The second-order valence-electron chi connectivity index (χ2n) is 5.54. The Kier molecular flexibility index (Phi) is 4.97. The molecular formula is C15H19F4NO2. The first-order valence-electron chi connectivity index (χ1n) is 7.24. The van der Waals surface area contributed by atoms with Crippen molar-refractivity contribution >= 4 is 0 Å². The van der Waals surface area contributed by atoms with E-state index in [0.717, 1.165) is 19.0 Å². The molecule has 0 saturated carbocycles. The van der Waals surface area contributed by atoms with Gasteiger partial charge in [0.1, 0.15) is 0 Å². The number of piperidine rings is 1. The number of ether oxygens (including phenoxy) is 1. The number of rotatable bonds is 4. The minimum atomic E-state index is -5.00. The fourth-order valence-electron chi connectivity index (χ4n) is 2.83. The van der Waals surface area contributed by atoms with Gasteiger partial charge in [0.25, 0.3) is 0 Å². The lowest BCUT2D eigenvalue weighted by atomic mass is 9.83. The van der Waals surface area contributed by atoms with E-state index in [0.29, 0.717) is 13.1 Å². The van der Waals surface area contributed by atoms with Gasteiger partial charge in [0.2, 0.25) is 0 Å². The monoisotopic (exact) mass is 321 g/mol. The minimum absolute atomic E-state index is 0.138. The van der Waals surface area contributed by atoms with E-state index in [4.69, 9.17) is 0 Å². The quantitative estimate of drug-likeness (QED) is 0.863. The molecule has 7 heteroatoms. The summed E-state index contributed by atoms with van der Waals surface area (Å²) in [7, 11) is 0. The van der Waals surface area contributed by atoms with E-state index in [9.17, 15) is 22.7 Å². The van der Waals surface area contributed by atoms with E-state index in [1.165, 1.54) is 12.1 Å². The van der Waals surface area contributed by atoms with Crippen molar-refractivity contribution in [2.24, 2.45) is 0 Å². The summed E-state index contributed by atoms with van der Waals surface area (Å²) in [6.45, 7) is 3.99. The van der Waals surface area contributed by atoms with Crippen LogP contribution in [-0.2, 0) is 5.60 Å². The zero-order valence-electron chi connectivity index (χ0n) is 12.3. The number of likely N-dealkylation sites (tertiary alicyclic amines) is 1. The summed E-state index contributed by atoms with van der Waals surface area (Å²) in [4.78, 5) is 2.12. The Bertz CT molecular complexity index is 511. The zero-order valence-corrected chi connectivity index (χ0v) is 12.3. The molecule has 124 valence electrons. The highest BCUT2D eigenvalue weighted by atomic mass is 19.4. The van der Waals surface area contributed by atoms with Crippen LogP contribution < -0.4 is 4.74 Å². The highest BCUT2D eigenvalue weighted by Gasteiger charge is 2.40. The molecular weight excluding hydrogens is 302 g/mol. The maximum Gasteiger partial charge on any atom is 0.573 e. The van der Waals surface area contributed by atoms with Gasteiger partial charge in [-0.15, -0.1) is 13.2 Å². The fraction of sp³-hybridized carbons (Fsp3) is 0.600. The SMILES string of the molecule is CCCN1CCC(O)(c2cccc(F)c2OC(F)(F)F)CC1. The van der Waals surface area contributed by atoms with Gasteiger partial charge in [-0.2, -0.15) is 0 Å². The smallest absolute Gasteiger partial charge is 0.402 e. The average molecular weight is 321 g/mol. The van der Waals surface area contributed by atoms with Gasteiger partial charge in [0, 0.05) is 18.7 Å². The van der Waals surface area contributed by atoms with Crippen LogP contribution in [0.5, 0.6) is 5.75 Å². The van der Waals surface area contributed by atoms with Crippen molar-refractivity contribution in [1.82, 2.24) is 4.90 Å². The molecule has 0 amide bonds. The Labute approximate surface area is 126 Å². The molecule has 0 radical (unpaired) electrons. The molecule has 3 nitrogen and oxygen atoms in total. The molecule has 1 aliphatic rings. The van der Waals surface area contributed by atoms with Gasteiger partial charge in [-0.25, -0.2) is 4.39 Å². The van der Waals surface area contributed by atoms with Crippen LogP contribution >= 0.6 is 0 Å². The maximum atomic E-state index is 13.8. The molecule has 1 saturated heterocycles. The van der Waals surface area contributed by atoms with Crippen molar-refractivity contribution in [2.45, 2.75) is 38.1 Å². The third kappa shape index (κ3) is 3.89. The van der Waals surface area contributed by atoms with Crippen molar-refractivity contribution < 1.29 is 27.4 Å². The van der Waals surface area contributed by atoms with Crippen LogP contribution in [0.1, 0.15) is 31.7 Å². The molecule has 0 bridgehead atoms. The first-order valence-corrected chi connectivity index (χ1v) is 7.24. The summed E-state index contributed by atoms with van der Waals surface area (Å²) in [5.74, 6) is -2.05. The highest BCUT2D eigenvalue weighted by Crippen LogP contribution is 2.41. The van der Waals surface area contributed by atoms with E-state index >= 15 is 0 Å². The van der Waals surface area contributed by atoms with Crippen molar-refractivity contribution in [3.05, 3.63) is 29.6 Å². The minimum Gasteiger partial charge on any atom is -0.402 e. The number of nitrogens with zero attached hydrogens (tertiary/aromatic N) is 1. The van der Waals surface area contributed by atoms with Crippen molar-refractivity contribution in [3.8, 4) is 5.75 Å². The molecule has 1 N–H and O–H groups in total. The van der Waals surface area contributed by atoms with Crippen LogP contribution in [0.15, 0.2) is 18.2 Å². The Hall–Kier alpha value is -1.34. The molecule has 22 heavy (non-hydrogen) atoms. The summed E-state index contributed by atoms with van der Waals surface area (Å²) < 4.78 is 55.0. The van der Waals surface area contributed by atoms with Crippen LogP contribution in [0.2, 0.25) is 0 Å². The first kappa shape index (κ1) is 17.0. The van der Waals surface area contributed by atoms with Crippen LogP contribution in [0, 0.1) is 5.82 Å². The van der Waals surface area contributed by atoms with Gasteiger partial charge in [-0.1, -0.05) is 19.1 Å². The van der Waals surface area contributed by atoms with Crippen LogP contribution in [0.3, 0.4) is 0 Å². The van der Waals surface area contributed by atoms with E-state index < -0.39 is 23.5 Å². The normalized spacial score (nSPS) is 19.2. The number of halogens is 4. The Morgan fingerprint density at radius 3 is 2.45 bits per heavy atom. The fourth-order valence-corrected chi connectivity index (χ4v) is 2.83. The van der Waals surface area contributed by atoms with E-state index in [1.54, 1.807) is 0 Å². The molecule has 1 aromatic rings. The van der Waals surface area contributed by atoms with Crippen molar-refractivity contribution in [1.29, 1.82) is 0 Å². The lowest BCUT2D eigenvalue weighted by Gasteiger charge is -2.39. The molecule has 0 aliphatic carbocycles. The molecule has 1 aliphatic heterocycles. The number of benzene rings is 1. The van der Waals surface area contributed by atoms with Gasteiger partial charge in [0.15, 0.2) is 11.6 Å². The number of para-hydroxylation sites is 1. The Balaban J connectivity index is 2.26. The zero-order chi connectivity index (χ0) is 16.4. The van der Waals surface area contributed by atoms with E-state index in [1.807, 2.05) is 6.92 Å². The number of hydrogen-bond acceptors (Lipinski definition) is 3. The van der Waals surface area contributed by atoms with Gasteiger partial charge in [-0.3, -0.25) is 0 Å². The Morgan fingerprint density at radius 1 is 1.27 bits per heavy atom. The summed E-state index contributed by atoms with van der Waals surface area (Å²) in [5.41, 5.74) is -1.65.